The van der Waals surface area contributed by atoms with Crippen LogP contribution in [0.15, 0.2) is 18.5 Å². The van der Waals surface area contributed by atoms with E-state index in [0.717, 1.165) is 0 Å². The first-order valence-electron chi connectivity index (χ1n) is 3.35. The van der Waals surface area contributed by atoms with Gasteiger partial charge in [-0.3, -0.25) is 4.68 Å². The van der Waals surface area contributed by atoms with Crippen LogP contribution in [0.3, 0.4) is 0 Å². The zero-order valence-corrected chi connectivity index (χ0v) is 8.14. The van der Waals surface area contributed by atoms with Crippen molar-refractivity contribution < 1.29 is 0 Å². The van der Waals surface area contributed by atoms with Crippen molar-refractivity contribution in [2.45, 2.75) is 19.3 Å². The summed E-state index contributed by atoms with van der Waals surface area (Å²) < 4.78 is 1.76. The second-order valence-corrected chi connectivity index (χ2v) is 3.05. The fraction of sp³-hybridized carbons (Fsp3) is 0.571. The summed E-state index contributed by atoms with van der Waals surface area (Å²) in [5.41, 5.74) is -0.0185. The molecule has 0 saturated carbocycles. The van der Waals surface area contributed by atoms with Gasteiger partial charge in [-0.15, -0.1) is 12.4 Å². The maximum Gasteiger partial charge on any atom is 0.127 e. The molecule has 0 aliphatic heterocycles. The molecule has 0 aliphatic carbocycles. The summed E-state index contributed by atoms with van der Waals surface area (Å²) in [7, 11) is 0. The molecule has 0 amide bonds. The van der Waals surface area contributed by atoms with E-state index in [1.807, 2.05) is 12.3 Å². The topological polar surface area (TPSA) is 17.8 Å². The molecule has 1 aromatic rings. The smallest absolute Gasteiger partial charge is 0.127 e. The molecule has 2 nitrogen and oxygen atoms in total. The first kappa shape index (κ1) is 10.8. The molecular formula is C7H12Cl2N2. The van der Waals surface area contributed by atoms with Gasteiger partial charge in [-0.05, 0) is 12.0 Å². The molecule has 0 aliphatic rings. The first-order valence-corrected chi connectivity index (χ1v) is 3.78. The van der Waals surface area contributed by atoms with E-state index in [1.54, 1.807) is 10.9 Å². The number of rotatable bonds is 2. The molecule has 1 aromatic heterocycles. The first-order chi connectivity index (χ1) is 4.72. The number of hydrogen-bond donors (Lipinski definition) is 0. The maximum absolute atomic E-state index is 5.98. The van der Waals surface area contributed by atoms with Crippen LogP contribution in [0.1, 0.15) is 19.3 Å². The van der Waals surface area contributed by atoms with E-state index >= 15 is 0 Å². The number of nitrogens with zero attached hydrogens (tertiary/aromatic N) is 2. The average molecular weight is 195 g/mol. The number of aromatic nitrogens is 2. The number of hydrogen-bond acceptors (Lipinski definition) is 1. The van der Waals surface area contributed by atoms with Crippen molar-refractivity contribution in [2.75, 3.05) is 0 Å². The predicted molar refractivity (Wildman–Crippen MR) is 49.2 cm³/mol. The summed E-state index contributed by atoms with van der Waals surface area (Å²) in [6, 6.07) is 1.87. The van der Waals surface area contributed by atoms with Gasteiger partial charge in [0, 0.05) is 12.4 Å². The summed E-state index contributed by atoms with van der Waals surface area (Å²) in [5.74, 6) is 0.418. The van der Waals surface area contributed by atoms with Gasteiger partial charge < -0.3 is 0 Å². The zero-order valence-electron chi connectivity index (χ0n) is 6.57. The monoisotopic (exact) mass is 194 g/mol. The highest BCUT2D eigenvalue weighted by Gasteiger charge is 2.10. The lowest BCUT2D eigenvalue weighted by molar-refractivity contribution is 0.459. The molecule has 1 atom stereocenters. The second-order valence-electron chi connectivity index (χ2n) is 2.60. The van der Waals surface area contributed by atoms with E-state index in [1.165, 1.54) is 0 Å². The summed E-state index contributed by atoms with van der Waals surface area (Å²) in [5, 5.41) is 4.02. The fourth-order valence-corrected chi connectivity index (χ4v) is 0.847. The van der Waals surface area contributed by atoms with Crippen LogP contribution in [0.5, 0.6) is 0 Å². The summed E-state index contributed by atoms with van der Waals surface area (Å²) in [4.78, 5) is 0. The van der Waals surface area contributed by atoms with Gasteiger partial charge in [-0.2, -0.15) is 5.10 Å². The molecular weight excluding hydrogens is 183 g/mol. The van der Waals surface area contributed by atoms with E-state index in [2.05, 4.69) is 18.9 Å². The van der Waals surface area contributed by atoms with Crippen molar-refractivity contribution in [1.82, 2.24) is 9.78 Å². The van der Waals surface area contributed by atoms with Crippen molar-refractivity contribution >= 4 is 24.0 Å². The van der Waals surface area contributed by atoms with E-state index < -0.39 is 0 Å². The molecule has 0 fully saturated rings. The molecule has 4 heteroatoms. The third kappa shape index (κ3) is 2.72. The van der Waals surface area contributed by atoms with E-state index in [9.17, 15) is 0 Å². The minimum Gasteiger partial charge on any atom is -0.255 e. The van der Waals surface area contributed by atoms with Gasteiger partial charge in [-0.25, -0.2) is 0 Å². The largest absolute Gasteiger partial charge is 0.255 e. The molecule has 1 heterocycles. The Bertz CT molecular complexity index is 184. The van der Waals surface area contributed by atoms with Crippen LogP contribution < -0.4 is 0 Å². The van der Waals surface area contributed by atoms with Crippen LogP contribution in [0.2, 0.25) is 0 Å². The van der Waals surface area contributed by atoms with E-state index in [-0.39, 0.29) is 17.9 Å². The quantitative estimate of drug-likeness (QED) is 0.663. The second kappa shape index (κ2) is 4.62. The van der Waals surface area contributed by atoms with Gasteiger partial charge in [0.05, 0.1) is 0 Å². The minimum absolute atomic E-state index is 0. The summed E-state index contributed by atoms with van der Waals surface area (Å²) in [6.07, 6.45) is 3.61. The average Bonchev–Trinajstić information content (AvgIpc) is 2.36. The van der Waals surface area contributed by atoms with Gasteiger partial charge in [0.1, 0.15) is 5.50 Å². The maximum atomic E-state index is 5.98. The van der Waals surface area contributed by atoms with Crippen LogP contribution in [0.25, 0.3) is 0 Å². The third-order valence-electron chi connectivity index (χ3n) is 1.33. The molecule has 11 heavy (non-hydrogen) atoms. The summed E-state index contributed by atoms with van der Waals surface area (Å²) in [6.45, 7) is 4.14. The third-order valence-corrected chi connectivity index (χ3v) is 2.03. The van der Waals surface area contributed by atoms with Crippen LogP contribution in [0, 0.1) is 5.92 Å². The Morgan fingerprint density at radius 1 is 1.45 bits per heavy atom. The van der Waals surface area contributed by atoms with Crippen molar-refractivity contribution in [3.8, 4) is 0 Å². The number of halogens is 2. The Morgan fingerprint density at radius 2 is 2.09 bits per heavy atom. The van der Waals surface area contributed by atoms with Crippen molar-refractivity contribution in [3.05, 3.63) is 18.5 Å². The fourth-order valence-electron chi connectivity index (χ4n) is 0.732. The molecule has 0 aromatic carbocycles. The van der Waals surface area contributed by atoms with Gasteiger partial charge in [0.25, 0.3) is 0 Å². The Hall–Kier alpha value is -0.210. The van der Waals surface area contributed by atoms with E-state index in [4.69, 9.17) is 11.6 Å². The van der Waals surface area contributed by atoms with Crippen molar-refractivity contribution in [3.63, 3.8) is 0 Å². The van der Waals surface area contributed by atoms with Crippen molar-refractivity contribution in [2.24, 2.45) is 5.92 Å². The van der Waals surface area contributed by atoms with Gasteiger partial charge in [-0.1, -0.05) is 25.4 Å². The van der Waals surface area contributed by atoms with Crippen LogP contribution >= 0.6 is 24.0 Å². The SMILES string of the molecule is CC(C)C(Cl)n1cccn1.Cl. The minimum atomic E-state index is -0.0185. The lowest BCUT2D eigenvalue weighted by Gasteiger charge is -2.12. The van der Waals surface area contributed by atoms with Crippen LogP contribution in [-0.4, -0.2) is 9.78 Å². The Labute approximate surface area is 78.0 Å². The Morgan fingerprint density at radius 3 is 2.45 bits per heavy atom. The highest BCUT2D eigenvalue weighted by Crippen LogP contribution is 2.19. The predicted octanol–water partition coefficient (Wildman–Crippen LogP) is 2.70. The Balaban J connectivity index is 0.000001000. The van der Waals surface area contributed by atoms with Crippen LogP contribution in [0.4, 0.5) is 0 Å². The molecule has 0 saturated heterocycles. The lowest BCUT2D eigenvalue weighted by Crippen LogP contribution is -2.08. The molecule has 0 bridgehead atoms. The highest BCUT2D eigenvalue weighted by atomic mass is 35.5. The molecule has 0 N–H and O–H groups in total. The van der Waals surface area contributed by atoms with Crippen LogP contribution in [-0.2, 0) is 0 Å². The van der Waals surface area contributed by atoms with Crippen molar-refractivity contribution in [1.29, 1.82) is 0 Å². The number of alkyl halides is 1. The van der Waals surface area contributed by atoms with Gasteiger partial charge >= 0.3 is 0 Å². The normalized spacial score (nSPS) is 12.7. The van der Waals surface area contributed by atoms with Gasteiger partial charge in [0.15, 0.2) is 0 Å². The molecule has 0 radical (unpaired) electrons. The molecule has 1 unspecified atom stereocenters. The molecule has 64 valence electrons. The molecule has 1 rings (SSSR count). The standard InChI is InChI=1S/C7H11ClN2.ClH/c1-6(2)7(8)10-5-3-4-9-10;/h3-7H,1-2H3;1H. The summed E-state index contributed by atoms with van der Waals surface area (Å²) >= 11 is 5.98. The zero-order chi connectivity index (χ0) is 7.56. The highest BCUT2D eigenvalue weighted by molar-refractivity contribution is 6.19. The Kier molecular flexibility index (Phi) is 4.54. The molecule has 0 spiro atoms. The van der Waals surface area contributed by atoms with E-state index in [0.29, 0.717) is 5.92 Å². The lowest BCUT2D eigenvalue weighted by atomic mass is 10.2. The van der Waals surface area contributed by atoms with Gasteiger partial charge in [0.2, 0.25) is 0 Å².